The van der Waals surface area contributed by atoms with Crippen LogP contribution >= 0.6 is 0 Å². The Bertz CT molecular complexity index is 903. The fraction of sp³-hybridized carbons (Fsp3) is 0.444. The molecule has 1 aromatic carbocycles. The van der Waals surface area contributed by atoms with E-state index in [0.717, 1.165) is 28.8 Å². The van der Waals surface area contributed by atoms with Crippen molar-refractivity contribution in [3.8, 4) is 0 Å². The summed E-state index contributed by atoms with van der Waals surface area (Å²) in [5, 5.41) is 7.30. The van der Waals surface area contributed by atoms with Crippen molar-refractivity contribution in [3.05, 3.63) is 46.8 Å². The molecule has 0 fully saturated rings. The van der Waals surface area contributed by atoms with Crippen LogP contribution in [0.1, 0.15) is 41.9 Å². The van der Waals surface area contributed by atoms with Crippen LogP contribution in [0.25, 0.3) is 0 Å². The fourth-order valence-corrected chi connectivity index (χ4v) is 3.56. The predicted molar refractivity (Wildman–Crippen MR) is 102 cm³/mol. The second-order valence-corrected chi connectivity index (χ2v) is 8.27. The summed E-state index contributed by atoms with van der Waals surface area (Å²) < 4.78 is 27.3. The largest absolute Gasteiger partial charge is 0.349 e. The van der Waals surface area contributed by atoms with Crippen molar-refractivity contribution >= 4 is 21.6 Å². The molecular formula is C18H26N4O3S. The Morgan fingerprint density at radius 1 is 1.27 bits per heavy atom. The van der Waals surface area contributed by atoms with E-state index in [4.69, 9.17) is 0 Å². The van der Waals surface area contributed by atoms with Crippen LogP contribution in [-0.4, -0.2) is 30.4 Å². The number of amides is 1. The standard InChI is InChI=1S/C18H26N4O3S/c1-12(16-8-6-7-9-17(16)21-26(5,24)25)19-18(23)11-10-15-13(2)20-22(4)14(15)3/h6-9,12,21H,10-11H2,1-5H3,(H,19,23). The lowest BCUT2D eigenvalue weighted by Crippen LogP contribution is -2.27. The molecule has 1 aromatic heterocycles. The van der Waals surface area contributed by atoms with Gasteiger partial charge >= 0.3 is 0 Å². The molecule has 8 heteroatoms. The molecule has 1 atom stereocenters. The van der Waals surface area contributed by atoms with Gasteiger partial charge in [-0.1, -0.05) is 18.2 Å². The van der Waals surface area contributed by atoms with Crippen molar-refractivity contribution in [2.75, 3.05) is 11.0 Å². The first kappa shape index (κ1) is 20.0. The summed E-state index contributed by atoms with van der Waals surface area (Å²) in [7, 11) is -1.50. The number of anilines is 1. The van der Waals surface area contributed by atoms with E-state index in [-0.39, 0.29) is 11.9 Å². The maximum absolute atomic E-state index is 12.3. The van der Waals surface area contributed by atoms with Crippen molar-refractivity contribution in [1.82, 2.24) is 15.1 Å². The average molecular weight is 378 g/mol. The van der Waals surface area contributed by atoms with Gasteiger partial charge in [0.05, 0.1) is 23.7 Å². The van der Waals surface area contributed by atoms with Crippen molar-refractivity contribution < 1.29 is 13.2 Å². The summed E-state index contributed by atoms with van der Waals surface area (Å²) in [6, 6.07) is 6.73. The molecule has 0 saturated carbocycles. The van der Waals surface area contributed by atoms with E-state index in [1.54, 1.807) is 18.2 Å². The van der Waals surface area contributed by atoms with Gasteiger partial charge in [-0.25, -0.2) is 8.42 Å². The third-order valence-electron chi connectivity index (χ3n) is 4.36. The highest BCUT2D eigenvalue weighted by molar-refractivity contribution is 7.92. The monoisotopic (exact) mass is 378 g/mol. The number of benzene rings is 1. The molecule has 26 heavy (non-hydrogen) atoms. The molecule has 7 nitrogen and oxygen atoms in total. The molecule has 2 N–H and O–H groups in total. The Kier molecular flexibility index (Phi) is 6.07. The Morgan fingerprint density at radius 2 is 1.92 bits per heavy atom. The van der Waals surface area contributed by atoms with Crippen molar-refractivity contribution in [1.29, 1.82) is 0 Å². The van der Waals surface area contributed by atoms with Gasteiger partial charge in [0.1, 0.15) is 0 Å². The van der Waals surface area contributed by atoms with E-state index in [9.17, 15) is 13.2 Å². The fourth-order valence-electron chi connectivity index (χ4n) is 2.98. The van der Waals surface area contributed by atoms with Crippen LogP contribution in [0, 0.1) is 13.8 Å². The second-order valence-electron chi connectivity index (χ2n) is 6.52. The maximum Gasteiger partial charge on any atom is 0.229 e. The predicted octanol–water partition coefficient (Wildman–Crippen LogP) is 2.22. The quantitative estimate of drug-likeness (QED) is 0.772. The van der Waals surface area contributed by atoms with Crippen LogP contribution in [0.5, 0.6) is 0 Å². The van der Waals surface area contributed by atoms with E-state index < -0.39 is 10.0 Å². The zero-order chi connectivity index (χ0) is 19.5. The van der Waals surface area contributed by atoms with Crippen LogP contribution in [0.3, 0.4) is 0 Å². The number of hydrogen-bond donors (Lipinski definition) is 2. The number of sulfonamides is 1. The average Bonchev–Trinajstić information content (AvgIpc) is 2.77. The summed E-state index contributed by atoms with van der Waals surface area (Å²) >= 11 is 0. The van der Waals surface area contributed by atoms with E-state index in [0.29, 0.717) is 18.5 Å². The zero-order valence-corrected chi connectivity index (χ0v) is 16.6. The number of carbonyl (C=O) groups excluding carboxylic acids is 1. The molecule has 0 radical (unpaired) electrons. The Morgan fingerprint density at radius 3 is 2.50 bits per heavy atom. The summed E-state index contributed by atoms with van der Waals surface area (Å²) in [4.78, 5) is 12.3. The van der Waals surface area contributed by atoms with Gasteiger partial charge in [0, 0.05) is 19.2 Å². The van der Waals surface area contributed by atoms with Crippen LogP contribution in [-0.2, 0) is 28.3 Å². The van der Waals surface area contributed by atoms with Gasteiger partial charge in [0.25, 0.3) is 0 Å². The molecule has 1 heterocycles. The summed E-state index contributed by atoms with van der Waals surface area (Å²) in [6.07, 6.45) is 2.07. The molecule has 2 aromatic rings. The topological polar surface area (TPSA) is 93.1 Å². The summed E-state index contributed by atoms with van der Waals surface area (Å²) in [6.45, 7) is 5.76. The Balaban J connectivity index is 2.03. The second kappa shape index (κ2) is 7.90. The van der Waals surface area contributed by atoms with Crippen molar-refractivity contribution in [3.63, 3.8) is 0 Å². The normalized spacial score (nSPS) is 12.7. The minimum atomic E-state index is -3.39. The summed E-state index contributed by atoms with van der Waals surface area (Å²) in [5.41, 5.74) is 4.29. The van der Waals surface area contributed by atoms with Gasteiger partial charge in [-0.2, -0.15) is 5.10 Å². The van der Waals surface area contributed by atoms with Crippen LogP contribution in [0.4, 0.5) is 5.69 Å². The number of rotatable bonds is 7. The molecule has 0 spiro atoms. The third-order valence-corrected chi connectivity index (χ3v) is 4.95. The highest BCUT2D eigenvalue weighted by Crippen LogP contribution is 2.23. The van der Waals surface area contributed by atoms with Crippen LogP contribution < -0.4 is 10.0 Å². The first-order valence-corrected chi connectivity index (χ1v) is 10.3. The lowest BCUT2D eigenvalue weighted by atomic mass is 10.0. The molecule has 0 aliphatic carbocycles. The number of nitrogens with zero attached hydrogens (tertiary/aromatic N) is 2. The molecule has 0 aliphatic rings. The number of carbonyl (C=O) groups is 1. The summed E-state index contributed by atoms with van der Waals surface area (Å²) in [5.74, 6) is -0.0886. The smallest absolute Gasteiger partial charge is 0.229 e. The third kappa shape index (κ3) is 5.08. The highest BCUT2D eigenvalue weighted by Gasteiger charge is 2.16. The van der Waals surface area contributed by atoms with Crippen LogP contribution in [0.2, 0.25) is 0 Å². The molecule has 1 unspecified atom stereocenters. The minimum Gasteiger partial charge on any atom is -0.349 e. The van der Waals surface area contributed by atoms with Gasteiger partial charge < -0.3 is 5.32 Å². The highest BCUT2D eigenvalue weighted by atomic mass is 32.2. The lowest BCUT2D eigenvalue weighted by molar-refractivity contribution is -0.121. The minimum absolute atomic E-state index is 0.0886. The van der Waals surface area contributed by atoms with Crippen molar-refractivity contribution in [2.45, 2.75) is 39.7 Å². The Hall–Kier alpha value is -2.35. The molecule has 0 saturated heterocycles. The molecule has 1 amide bonds. The molecule has 0 aliphatic heterocycles. The van der Waals surface area contributed by atoms with Crippen molar-refractivity contribution in [2.24, 2.45) is 7.05 Å². The SMILES string of the molecule is Cc1nn(C)c(C)c1CCC(=O)NC(C)c1ccccc1NS(C)(=O)=O. The lowest BCUT2D eigenvalue weighted by Gasteiger charge is -2.18. The van der Waals surface area contributed by atoms with E-state index in [2.05, 4.69) is 15.1 Å². The molecule has 142 valence electrons. The van der Waals surface area contributed by atoms with Gasteiger partial charge in [-0.15, -0.1) is 0 Å². The van der Waals surface area contributed by atoms with Crippen LogP contribution in [0.15, 0.2) is 24.3 Å². The van der Waals surface area contributed by atoms with E-state index >= 15 is 0 Å². The van der Waals surface area contributed by atoms with E-state index in [1.807, 2.05) is 38.6 Å². The molecule has 2 rings (SSSR count). The Labute approximate surface area is 154 Å². The molecular weight excluding hydrogens is 352 g/mol. The number of aryl methyl sites for hydroxylation is 2. The maximum atomic E-state index is 12.3. The molecule has 0 bridgehead atoms. The number of nitrogens with one attached hydrogen (secondary N) is 2. The van der Waals surface area contributed by atoms with E-state index in [1.165, 1.54) is 0 Å². The number of aromatic nitrogens is 2. The first-order valence-electron chi connectivity index (χ1n) is 8.43. The van der Waals surface area contributed by atoms with Gasteiger partial charge in [0.2, 0.25) is 15.9 Å². The zero-order valence-electron chi connectivity index (χ0n) is 15.8. The number of hydrogen-bond acceptors (Lipinski definition) is 4. The van der Waals surface area contributed by atoms with Gasteiger partial charge in [-0.3, -0.25) is 14.2 Å². The first-order chi connectivity index (χ1) is 12.1. The van der Waals surface area contributed by atoms with Gasteiger partial charge in [0.15, 0.2) is 0 Å². The van der Waals surface area contributed by atoms with Gasteiger partial charge in [-0.05, 0) is 44.4 Å². The number of para-hydroxylation sites is 1.